The van der Waals surface area contributed by atoms with Gasteiger partial charge in [-0.2, -0.15) is 4.98 Å². The number of anilines is 3. The highest BCUT2D eigenvalue weighted by atomic mass is 16.5. The second-order valence-electron chi connectivity index (χ2n) is 6.34. The van der Waals surface area contributed by atoms with Crippen molar-refractivity contribution >= 4 is 17.5 Å². The van der Waals surface area contributed by atoms with Crippen molar-refractivity contribution in [2.24, 2.45) is 0 Å². The molecule has 140 valence electrons. The molecular weight excluding hydrogens is 336 g/mol. The Labute approximate surface area is 160 Å². The molecule has 0 amide bonds. The maximum Gasteiger partial charge on any atom is 0.224 e. The summed E-state index contributed by atoms with van der Waals surface area (Å²) >= 11 is 0. The second kappa shape index (κ2) is 9.03. The van der Waals surface area contributed by atoms with Crippen molar-refractivity contribution in [3.8, 4) is 5.75 Å². The highest BCUT2D eigenvalue weighted by Crippen LogP contribution is 2.24. The molecule has 27 heavy (non-hydrogen) atoms. The summed E-state index contributed by atoms with van der Waals surface area (Å²) in [7, 11) is 1.70. The number of nitrogens with one attached hydrogen (secondary N) is 2. The van der Waals surface area contributed by atoms with E-state index in [-0.39, 0.29) is 0 Å². The molecule has 0 aliphatic carbocycles. The smallest absolute Gasteiger partial charge is 0.224 e. The van der Waals surface area contributed by atoms with Gasteiger partial charge in [0.25, 0.3) is 0 Å². The Balaban J connectivity index is 1.66. The highest BCUT2D eigenvalue weighted by Gasteiger charge is 2.07. The van der Waals surface area contributed by atoms with Crippen LogP contribution >= 0.6 is 0 Å². The van der Waals surface area contributed by atoms with Gasteiger partial charge in [-0.1, -0.05) is 43.3 Å². The van der Waals surface area contributed by atoms with E-state index >= 15 is 0 Å². The average molecular weight is 362 g/mol. The molecular formula is C22H26N4O. The van der Waals surface area contributed by atoms with Crippen LogP contribution < -0.4 is 15.4 Å². The first kappa shape index (κ1) is 18.7. The van der Waals surface area contributed by atoms with Gasteiger partial charge >= 0.3 is 0 Å². The number of nitrogens with zero attached hydrogens (tertiary/aromatic N) is 2. The van der Waals surface area contributed by atoms with Gasteiger partial charge in [-0.05, 0) is 48.6 Å². The third-order valence-corrected chi connectivity index (χ3v) is 4.52. The lowest BCUT2D eigenvalue weighted by atomic mass is 10.1. The van der Waals surface area contributed by atoms with Gasteiger partial charge in [-0.15, -0.1) is 0 Å². The van der Waals surface area contributed by atoms with Crippen LogP contribution in [0.1, 0.15) is 23.6 Å². The van der Waals surface area contributed by atoms with Crippen LogP contribution in [0.25, 0.3) is 0 Å². The zero-order valence-electron chi connectivity index (χ0n) is 16.1. The summed E-state index contributed by atoms with van der Waals surface area (Å²) < 4.78 is 5.40. The van der Waals surface area contributed by atoms with Crippen LogP contribution in [-0.4, -0.2) is 23.6 Å². The normalized spacial score (nSPS) is 10.5. The van der Waals surface area contributed by atoms with Crippen LogP contribution in [0, 0.1) is 6.92 Å². The van der Waals surface area contributed by atoms with Gasteiger partial charge in [0.1, 0.15) is 11.6 Å². The van der Waals surface area contributed by atoms with Crippen LogP contribution in [0.5, 0.6) is 5.75 Å². The van der Waals surface area contributed by atoms with Crippen LogP contribution in [0.3, 0.4) is 0 Å². The first-order valence-corrected chi connectivity index (χ1v) is 9.25. The van der Waals surface area contributed by atoms with E-state index in [0.29, 0.717) is 5.95 Å². The number of ether oxygens (including phenoxy) is 1. The third-order valence-electron chi connectivity index (χ3n) is 4.52. The van der Waals surface area contributed by atoms with Crippen molar-refractivity contribution < 1.29 is 4.74 Å². The standard InChI is InChI=1S/C22H26N4O/c1-4-17-10-7-8-16(2)21(17)25-20-13-15-24-22(26-20)23-14-12-18-9-5-6-11-19(18)27-3/h5-11,13,15H,4,12,14H2,1-3H3,(H2,23,24,25,26). The maximum absolute atomic E-state index is 5.40. The Morgan fingerprint density at radius 1 is 1.00 bits per heavy atom. The molecule has 2 N–H and O–H groups in total. The predicted octanol–water partition coefficient (Wildman–Crippen LogP) is 4.75. The van der Waals surface area contributed by atoms with Gasteiger partial charge in [0, 0.05) is 18.4 Å². The summed E-state index contributed by atoms with van der Waals surface area (Å²) in [5, 5.41) is 6.74. The molecule has 3 aromatic rings. The van der Waals surface area contributed by atoms with Crippen LogP contribution in [0.15, 0.2) is 54.7 Å². The van der Waals surface area contributed by atoms with E-state index in [0.717, 1.165) is 42.2 Å². The minimum Gasteiger partial charge on any atom is -0.496 e. The zero-order valence-corrected chi connectivity index (χ0v) is 16.1. The summed E-state index contributed by atoms with van der Waals surface area (Å²) in [4.78, 5) is 8.92. The summed E-state index contributed by atoms with van der Waals surface area (Å²) in [6, 6.07) is 16.3. The fraction of sp³-hybridized carbons (Fsp3) is 0.273. The van der Waals surface area contributed by atoms with Gasteiger partial charge in [-0.3, -0.25) is 0 Å². The Morgan fingerprint density at radius 3 is 2.63 bits per heavy atom. The summed E-state index contributed by atoms with van der Waals surface area (Å²) in [6.45, 7) is 4.99. The Kier molecular flexibility index (Phi) is 6.26. The monoisotopic (exact) mass is 362 g/mol. The van der Waals surface area contributed by atoms with Gasteiger partial charge in [0.2, 0.25) is 5.95 Å². The number of para-hydroxylation sites is 2. The number of methoxy groups -OCH3 is 1. The summed E-state index contributed by atoms with van der Waals surface area (Å²) in [6.07, 6.45) is 3.58. The van der Waals surface area contributed by atoms with Crippen molar-refractivity contribution in [2.75, 3.05) is 24.3 Å². The van der Waals surface area contributed by atoms with E-state index in [1.54, 1.807) is 13.3 Å². The number of aromatic nitrogens is 2. The molecule has 5 nitrogen and oxygen atoms in total. The van der Waals surface area contributed by atoms with Crippen molar-refractivity contribution in [1.82, 2.24) is 9.97 Å². The lowest BCUT2D eigenvalue weighted by molar-refractivity contribution is 0.410. The largest absolute Gasteiger partial charge is 0.496 e. The number of aryl methyl sites for hydroxylation is 2. The minimum absolute atomic E-state index is 0.613. The van der Waals surface area contributed by atoms with E-state index in [4.69, 9.17) is 4.74 Å². The maximum atomic E-state index is 5.40. The molecule has 0 saturated carbocycles. The van der Waals surface area contributed by atoms with E-state index in [1.165, 1.54) is 11.1 Å². The molecule has 1 heterocycles. The fourth-order valence-electron chi connectivity index (χ4n) is 3.06. The Morgan fingerprint density at radius 2 is 1.81 bits per heavy atom. The predicted molar refractivity (Wildman–Crippen MR) is 111 cm³/mol. The van der Waals surface area contributed by atoms with E-state index in [2.05, 4.69) is 58.7 Å². The molecule has 0 unspecified atom stereocenters. The molecule has 0 atom stereocenters. The fourth-order valence-corrected chi connectivity index (χ4v) is 3.06. The first-order chi connectivity index (χ1) is 13.2. The molecule has 0 bridgehead atoms. The van der Waals surface area contributed by atoms with Crippen LogP contribution in [0.4, 0.5) is 17.5 Å². The number of hydrogen-bond acceptors (Lipinski definition) is 5. The van der Waals surface area contributed by atoms with Crippen molar-refractivity contribution in [3.05, 3.63) is 71.4 Å². The summed E-state index contributed by atoms with van der Waals surface area (Å²) in [5.74, 6) is 2.30. The zero-order chi connectivity index (χ0) is 19.1. The molecule has 0 radical (unpaired) electrons. The lowest BCUT2D eigenvalue weighted by Gasteiger charge is -2.14. The van der Waals surface area contributed by atoms with E-state index in [9.17, 15) is 0 Å². The van der Waals surface area contributed by atoms with Gasteiger partial charge in [0.15, 0.2) is 0 Å². The molecule has 0 fully saturated rings. The topological polar surface area (TPSA) is 59.1 Å². The number of hydrogen-bond donors (Lipinski definition) is 2. The molecule has 0 aliphatic heterocycles. The molecule has 2 aromatic carbocycles. The third kappa shape index (κ3) is 4.76. The molecule has 5 heteroatoms. The quantitative estimate of drug-likeness (QED) is 0.605. The van der Waals surface area contributed by atoms with E-state index in [1.807, 2.05) is 24.3 Å². The van der Waals surface area contributed by atoms with Gasteiger partial charge < -0.3 is 15.4 Å². The SMILES string of the molecule is CCc1cccc(C)c1Nc1ccnc(NCCc2ccccc2OC)n1. The van der Waals surface area contributed by atoms with Crippen LogP contribution in [0.2, 0.25) is 0 Å². The van der Waals surface area contributed by atoms with E-state index < -0.39 is 0 Å². The molecule has 0 aliphatic rings. The van der Waals surface area contributed by atoms with Crippen molar-refractivity contribution in [2.45, 2.75) is 26.7 Å². The van der Waals surface area contributed by atoms with Crippen LogP contribution in [-0.2, 0) is 12.8 Å². The second-order valence-corrected chi connectivity index (χ2v) is 6.34. The van der Waals surface area contributed by atoms with Crippen molar-refractivity contribution in [1.29, 1.82) is 0 Å². The Hall–Kier alpha value is -3.08. The number of rotatable bonds is 8. The molecule has 3 rings (SSSR count). The lowest BCUT2D eigenvalue weighted by Crippen LogP contribution is -2.09. The molecule has 0 spiro atoms. The average Bonchev–Trinajstić information content (AvgIpc) is 2.70. The highest BCUT2D eigenvalue weighted by molar-refractivity contribution is 5.65. The van der Waals surface area contributed by atoms with Gasteiger partial charge in [-0.25, -0.2) is 4.98 Å². The number of benzene rings is 2. The van der Waals surface area contributed by atoms with Gasteiger partial charge in [0.05, 0.1) is 7.11 Å². The molecule has 1 aromatic heterocycles. The molecule has 0 saturated heterocycles. The first-order valence-electron chi connectivity index (χ1n) is 9.25. The van der Waals surface area contributed by atoms with Crippen molar-refractivity contribution in [3.63, 3.8) is 0 Å². The minimum atomic E-state index is 0.613. The summed E-state index contributed by atoms with van der Waals surface area (Å²) in [5.41, 5.74) is 4.77. The Bertz CT molecular complexity index is 895.